The Bertz CT molecular complexity index is 1810. The number of nitriles is 1. The normalized spacial score (nSPS) is 20.8. The van der Waals surface area contributed by atoms with Crippen molar-refractivity contribution in [1.82, 2.24) is 19.8 Å². The number of halogens is 3. The van der Waals surface area contributed by atoms with E-state index >= 15 is 0 Å². The molecule has 228 valence electrons. The van der Waals surface area contributed by atoms with E-state index in [0.29, 0.717) is 71.4 Å². The molecule has 4 heterocycles. The van der Waals surface area contributed by atoms with Crippen LogP contribution >= 0.6 is 11.6 Å². The van der Waals surface area contributed by atoms with Crippen molar-refractivity contribution in [3.63, 3.8) is 0 Å². The molecule has 2 aliphatic rings. The number of rotatable bonds is 7. The lowest BCUT2D eigenvalue weighted by Crippen LogP contribution is -2.55. The van der Waals surface area contributed by atoms with Crippen molar-refractivity contribution in [2.45, 2.75) is 31.1 Å². The number of nitrogens with zero attached hydrogens (tertiary/aromatic N) is 6. The molecule has 44 heavy (non-hydrogen) atoms. The molecule has 2 aliphatic heterocycles. The minimum Gasteiger partial charge on any atom is -0.463 e. The first-order valence-electron chi connectivity index (χ1n) is 14.2. The summed E-state index contributed by atoms with van der Waals surface area (Å²) < 4.78 is 40.8. The van der Waals surface area contributed by atoms with Gasteiger partial charge in [-0.1, -0.05) is 18.2 Å². The van der Waals surface area contributed by atoms with Gasteiger partial charge in [0.25, 0.3) is 0 Å². The van der Waals surface area contributed by atoms with Gasteiger partial charge in [-0.15, -0.1) is 0 Å². The Kier molecular flexibility index (Phi) is 8.00. The van der Waals surface area contributed by atoms with E-state index in [0.717, 1.165) is 6.07 Å². The van der Waals surface area contributed by atoms with Gasteiger partial charge in [0.2, 0.25) is 5.91 Å². The lowest BCUT2D eigenvalue weighted by Gasteiger charge is -2.41. The van der Waals surface area contributed by atoms with Crippen LogP contribution in [0.15, 0.2) is 47.6 Å². The summed E-state index contributed by atoms with van der Waals surface area (Å²) in [5.74, 6) is -0.427. The molecule has 2 aromatic carbocycles. The molecule has 6 rings (SSSR count). The standard InChI is InChI=1S/C31H30ClF2N7O3/c1-3-26(42)41-8-7-40(15-19(41)4-6-35)30-27-25(37-31(38-30)44-16-20-10-17(33)14-39(20)2)13-22(21-5-9-43-29(21)27)23-11-18(36)12-24(34)28(23)32/h3,5,9,11-13,17,19-20H,1,4,7-8,10,14-16,36H2,2H3/t17-,19+,20+/m1/s1. The first-order chi connectivity index (χ1) is 21.2. The SMILES string of the molecule is C=CC(=O)N1CCN(c2nc(OC[C@@H]3C[C@@H](F)CN3C)nc3cc(-c4cc(N)cc(F)c4Cl)c4ccoc4c23)C[C@@H]1CC#N. The molecular weight excluding hydrogens is 592 g/mol. The van der Waals surface area contributed by atoms with Crippen LogP contribution in [0.25, 0.3) is 33.0 Å². The maximum atomic E-state index is 14.7. The van der Waals surface area contributed by atoms with Gasteiger partial charge in [0.15, 0.2) is 0 Å². The van der Waals surface area contributed by atoms with Crippen LogP contribution in [0.4, 0.5) is 20.3 Å². The molecule has 2 aromatic heterocycles. The Morgan fingerprint density at radius 2 is 2.09 bits per heavy atom. The van der Waals surface area contributed by atoms with Crippen molar-refractivity contribution in [3.05, 3.63) is 54.0 Å². The number of benzene rings is 2. The van der Waals surface area contributed by atoms with Crippen LogP contribution < -0.4 is 15.4 Å². The summed E-state index contributed by atoms with van der Waals surface area (Å²) in [6.07, 6.45) is 2.27. The molecule has 0 spiro atoms. The van der Waals surface area contributed by atoms with E-state index in [4.69, 9.17) is 36.5 Å². The van der Waals surface area contributed by atoms with Gasteiger partial charge in [0.05, 0.1) is 40.7 Å². The Balaban J connectivity index is 1.50. The minimum atomic E-state index is -0.938. The Morgan fingerprint density at radius 3 is 2.82 bits per heavy atom. The average molecular weight is 622 g/mol. The average Bonchev–Trinajstić information content (AvgIpc) is 3.62. The number of carbonyl (C=O) groups excluding carboxylic acids is 1. The van der Waals surface area contributed by atoms with Crippen molar-refractivity contribution >= 4 is 50.9 Å². The molecule has 0 aliphatic carbocycles. The van der Waals surface area contributed by atoms with Crippen molar-refractivity contribution < 1.29 is 22.7 Å². The maximum Gasteiger partial charge on any atom is 0.319 e. The number of nitrogens with two attached hydrogens (primary N) is 1. The Morgan fingerprint density at radius 1 is 1.27 bits per heavy atom. The fraction of sp³-hybridized carbons (Fsp3) is 0.355. The number of aromatic nitrogens is 2. The van der Waals surface area contributed by atoms with Crippen LogP contribution in [0.2, 0.25) is 5.02 Å². The monoisotopic (exact) mass is 621 g/mol. The number of ether oxygens (including phenoxy) is 1. The van der Waals surface area contributed by atoms with Gasteiger partial charge >= 0.3 is 6.01 Å². The molecule has 2 N–H and O–H groups in total. The third-order valence-corrected chi connectivity index (χ3v) is 8.69. The number of furan rings is 1. The molecule has 0 bridgehead atoms. The highest BCUT2D eigenvalue weighted by Gasteiger charge is 2.33. The van der Waals surface area contributed by atoms with E-state index in [9.17, 15) is 18.8 Å². The smallest absolute Gasteiger partial charge is 0.319 e. The van der Waals surface area contributed by atoms with Gasteiger partial charge < -0.3 is 24.7 Å². The molecular formula is C31H30ClF2N7O3. The summed E-state index contributed by atoms with van der Waals surface area (Å²) in [6.45, 7) is 5.13. The molecule has 1 amide bonds. The number of likely N-dealkylation sites (N-methyl/N-ethyl adjacent to an activating group) is 1. The van der Waals surface area contributed by atoms with E-state index in [1.165, 1.54) is 12.3 Å². The summed E-state index contributed by atoms with van der Waals surface area (Å²) in [5, 5.41) is 10.6. The lowest BCUT2D eigenvalue weighted by atomic mass is 9.98. The van der Waals surface area contributed by atoms with E-state index in [1.54, 1.807) is 23.1 Å². The molecule has 0 radical (unpaired) electrons. The molecule has 13 heteroatoms. The van der Waals surface area contributed by atoms with Gasteiger partial charge in [-0.2, -0.15) is 15.2 Å². The number of likely N-dealkylation sites (tertiary alicyclic amines) is 1. The van der Waals surface area contributed by atoms with Crippen molar-refractivity contribution in [1.29, 1.82) is 5.26 Å². The fourth-order valence-electron chi connectivity index (χ4n) is 6.13. The quantitative estimate of drug-likeness (QED) is 0.225. The summed E-state index contributed by atoms with van der Waals surface area (Å²) in [5.41, 5.74) is 7.98. The molecule has 2 fully saturated rings. The fourth-order valence-corrected chi connectivity index (χ4v) is 6.34. The second-order valence-corrected chi connectivity index (χ2v) is 11.5. The zero-order chi connectivity index (χ0) is 31.1. The van der Waals surface area contributed by atoms with Crippen LogP contribution in [0.3, 0.4) is 0 Å². The van der Waals surface area contributed by atoms with Gasteiger partial charge in [0.1, 0.15) is 30.0 Å². The lowest BCUT2D eigenvalue weighted by molar-refractivity contribution is -0.128. The zero-order valence-corrected chi connectivity index (χ0v) is 24.7. The van der Waals surface area contributed by atoms with Crippen LogP contribution in [0.5, 0.6) is 6.01 Å². The zero-order valence-electron chi connectivity index (χ0n) is 24.0. The highest BCUT2D eigenvalue weighted by atomic mass is 35.5. The van der Waals surface area contributed by atoms with Crippen molar-refractivity contribution in [2.24, 2.45) is 0 Å². The second kappa shape index (κ2) is 11.9. The maximum absolute atomic E-state index is 14.7. The highest BCUT2D eigenvalue weighted by molar-refractivity contribution is 6.34. The number of carbonyl (C=O) groups is 1. The van der Waals surface area contributed by atoms with Gasteiger partial charge in [0, 0.05) is 48.9 Å². The Labute approximate surface area is 257 Å². The van der Waals surface area contributed by atoms with E-state index in [2.05, 4.69) is 12.6 Å². The first-order valence-corrected chi connectivity index (χ1v) is 14.5. The van der Waals surface area contributed by atoms with Crippen molar-refractivity contribution in [2.75, 3.05) is 50.5 Å². The first kappa shape index (κ1) is 29.6. The molecule has 4 aromatic rings. The molecule has 3 atom stereocenters. The van der Waals surface area contributed by atoms with Crippen molar-refractivity contribution in [3.8, 4) is 23.2 Å². The number of fused-ring (bicyclic) bond motifs is 3. The summed E-state index contributed by atoms with van der Waals surface area (Å²) in [4.78, 5) is 27.6. The number of anilines is 2. The highest BCUT2D eigenvalue weighted by Crippen LogP contribution is 2.43. The predicted molar refractivity (Wildman–Crippen MR) is 164 cm³/mol. The van der Waals surface area contributed by atoms with Crippen LogP contribution in [-0.2, 0) is 4.79 Å². The van der Waals surface area contributed by atoms with E-state index < -0.39 is 18.0 Å². The van der Waals surface area contributed by atoms with Gasteiger partial charge in [-0.3, -0.25) is 9.69 Å². The summed E-state index contributed by atoms with van der Waals surface area (Å²) in [6, 6.07) is 7.91. The number of nitrogen functional groups attached to an aromatic ring is 1. The third-order valence-electron chi connectivity index (χ3n) is 8.31. The van der Waals surface area contributed by atoms with Crippen LogP contribution in [0, 0.1) is 17.1 Å². The topological polar surface area (TPSA) is 125 Å². The molecule has 10 nitrogen and oxygen atoms in total. The second-order valence-electron chi connectivity index (χ2n) is 11.1. The van der Waals surface area contributed by atoms with Crippen LogP contribution in [-0.4, -0.2) is 83.8 Å². The third kappa shape index (κ3) is 5.37. The number of amides is 1. The molecule has 2 saturated heterocycles. The Hall–Kier alpha value is -4.47. The number of hydrogen-bond acceptors (Lipinski definition) is 9. The summed E-state index contributed by atoms with van der Waals surface area (Å²) in [7, 11) is 1.84. The number of alkyl halides is 1. The number of piperazine rings is 1. The predicted octanol–water partition coefficient (Wildman–Crippen LogP) is 4.96. The van der Waals surface area contributed by atoms with Crippen LogP contribution in [0.1, 0.15) is 12.8 Å². The minimum absolute atomic E-state index is 0.0614. The largest absolute Gasteiger partial charge is 0.463 e. The summed E-state index contributed by atoms with van der Waals surface area (Å²) >= 11 is 6.42. The van der Waals surface area contributed by atoms with Gasteiger partial charge in [-0.25, -0.2) is 8.78 Å². The molecule has 0 saturated carbocycles. The van der Waals surface area contributed by atoms with Gasteiger partial charge in [-0.05, 0) is 49.4 Å². The van der Waals surface area contributed by atoms with E-state index in [1.807, 2.05) is 16.8 Å². The molecule has 0 unspecified atom stereocenters. The van der Waals surface area contributed by atoms with E-state index in [-0.39, 0.29) is 41.7 Å². The number of hydrogen-bond donors (Lipinski definition) is 1.